The first-order valence-corrected chi connectivity index (χ1v) is 7.11. The van der Waals surface area contributed by atoms with Crippen LogP contribution in [0.15, 0.2) is 28.8 Å². The molecule has 1 fully saturated rings. The summed E-state index contributed by atoms with van der Waals surface area (Å²) in [7, 11) is 0. The van der Waals surface area contributed by atoms with Crippen LogP contribution in [0.25, 0.3) is 11.4 Å². The maximum atomic E-state index is 5.94. The predicted molar refractivity (Wildman–Crippen MR) is 91.3 cm³/mol. The number of nitrogens with zero attached hydrogens (tertiary/aromatic N) is 2. The Labute approximate surface area is 142 Å². The number of rotatable bonds is 4. The molecule has 0 unspecified atom stereocenters. The molecule has 0 radical (unpaired) electrons. The van der Waals surface area contributed by atoms with Crippen molar-refractivity contribution in [3.63, 3.8) is 0 Å². The van der Waals surface area contributed by atoms with Crippen LogP contribution in [0.2, 0.25) is 0 Å². The van der Waals surface area contributed by atoms with Crippen LogP contribution in [0, 0.1) is 0 Å². The minimum atomic E-state index is -0.109. The first-order valence-electron chi connectivity index (χ1n) is 7.11. The number of hydrogen-bond donors (Lipinski definition) is 2. The van der Waals surface area contributed by atoms with E-state index in [-0.39, 0.29) is 30.2 Å². The third kappa shape index (κ3) is 3.43. The molecule has 3 rings (SSSR count). The fourth-order valence-electron chi connectivity index (χ4n) is 2.90. The zero-order chi connectivity index (χ0) is 14.0. The lowest BCUT2D eigenvalue weighted by molar-refractivity contribution is 0.284. The number of aromatic nitrogens is 2. The zero-order valence-electron chi connectivity index (χ0n) is 12.3. The van der Waals surface area contributed by atoms with Crippen molar-refractivity contribution >= 4 is 24.8 Å². The number of halogens is 2. The van der Waals surface area contributed by atoms with Crippen LogP contribution in [0.5, 0.6) is 0 Å². The van der Waals surface area contributed by atoms with Gasteiger partial charge in [0.15, 0.2) is 0 Å². The van der Waals surface area contributed by atoms with E-state index in [0.717, 1.165) is 24.0 Å². The fourth-order valence-corrected chi connectivity index (χ4v) is 2.90. The van der Waals surface area contributed by atoms with Crippen molar-refractivity contribution < 1.29 is 4.52 Å². The number of nitrogens with two attached hydrogens (primary N) is 2. The third-order valence-electron chi connectivity index (χ3n) is 4.28. The van der Waals surface area contributed by atoms with Crippen LogP contribution in [0.1, 0.15) is 37.1 Å². The van der Waals surface area contributed by atoms with Gasteiger partial charge >= 0.3 is 0 Å². The van der Waals surface area contributed by atoms with Gasteiger partial charge in [0, 0.05) is 18.7 Å². The van der Waals surface area contributed by atoms with Crippen molar-refractivity contribution in [2.45, 2.75) is 37.6 Å². The normalized spacial score (nSPS) is 15.9. The monoisotopic (exact) mass is 344 g/mol. The molecule has 1 aromatic carbocycles. The minimum absolute atomic E-state index is 0. The molecule has 1 aliphatic carbocycles. The molecule has 122 valence electrons. The smallest absolute Gasteiger partial charge is 0.234 e. The number of hydrogen-bond acceptors (Lipinski definition) is 5. The summed E-state index contributed by atoms with van der Waals surface area (Å²) in [5.41, 5.74) is 13.5. The summed E-state index contributed by atoms with van der Waals surface area (Å²) >= 11 is 0. The van der Waals surface area contributed by atoms with E-state index in [2.05, 4.69) is 10.1 Å². The molecule has 22 heavy (non-hydrogen) atoms. The highest BCUT2D eigenvalue weighted by Gasteiger charge is 2.39. The lowest BCUT2D eigenvalue weighted by atomic mass is 9.86. The molecule has 0 atom stereocenters. The second-order valence-electron chi connectivity index (χ2n) is 5.52. The Kier molecular flexibility index (Phi) is 6.81. The summed E-state index contributed by atoms with van der Waals surface area (Å²) in [6.07, 6.45) is 4.44. The van der Waals surface area contributed by atoms with Gasteiger partial charge in [-0.15, -0.1) is 24.8 Å². The number of benzene rings is 1. The highest BCUT2D eigenvalue weighted by molar-refractivity contribution is 5.85. The van der Waals surface area contributed by atoms with E-state index in [4.69, 9.17) is 16.0 Å². The summed E-state index contributed by atoms with van der Waals surface area (Å²) < 4.78 is 5.49. The zero-order valence-corrected chi connectivity index (χ0v) is 14.0. The van der Waals surface area contributed by atoms with Gasteiger partial charge < -0.3 is 16.0 Å². The van der Waals surface area contributed by atoms with Crippen molar-refractivity contribution in [3.8, 4) is 11.4 Å². The van der Waals surface area contributed by atoms with E-state index in [9.17, 15) is 0 Å². The largest absolute Gasteiger partial charge is 0.338 e. The molecule has 7 heteroatoms. The Morgan fingerprint density at radius 1 is 1.05 bits per heavy atom. The quantitative estimate of drug-likeness (QED) is 0.889. The summed E-state index contributed by atoms with van der Waals surface area (Å²) in [4.78, 5) is 4.57. The van der Waals surface area contributed by atoms with E-state index in [1.54, 1.807) is 0 Å². The van der Waals surface area contributed by atoms with E-state index in [1.165, 1.54) is 12.8 Å². The second-order valence-corrected chi connectivity index (χ2v) is 5.52. The van der Waals surface area contributed by atoms with Gasteiger partial charge in [0.2, 0.25) is 11.7 Å². The molecule has 2 aromatic rings. The van der Waals surface area contributed by atoms with Crippen molar-refractivity contribution in [2.75, 3.05) is 6.54 Å². The molecule has 0 amide bonds. The average Bonchev–Trinajstić information content (AvgIpc) is 3.17. The summed E-state index contributed by atoms with van der Waals surface area (Å²) in [5, 5.41) is 4.11. The first kappa shape index (κ1) is 18.9. The van der Waals surface area contributed by atoms with E-state index >= 15 is 0 Å². The van der Waals surface area contributed by atoms with Crippen molar-refractivity contribution in [1.82, 2.24) is 10.1 Å². The molecule has 0 spiro atoms. The Morgan fingerprint density at radius 2 is 1.68 bits per heavy atom. The van der Waals surface area contributed by atoms with Crippen molar-refractivity contribution in [1.29, 1.82) is 0 Å². The summed E-state index contributed by atoms with van der Waals surface area (Å²) in [5.74, 6) is 1.32. The molecule has 0 saturated heterocycles. The Hall–Kier alpha value is -1.14. The Bertz CT molecular complexity index is 579. The molecule has 1 saturated carbocycles. The van der Waals surface area contributed by atoms with E-state index in [1.807, 2.05) is 24.3 Å². The molecule has 1 aliphatic rings. The molecule has 0 bridgehead atoms. The molecule has 0 aliphatic heterocycles. The molecule has 1 aromatic heterocycles. The van der Waals surface area contributed by atoms with Gasteiger partial charge in [-0.1, -0.05) is 42.3 Å². The maximum absolute atomic E-state index is 5.94. The van der Waals surface area contributed by atoms with Gasteiger partial charge in [-0.05, 0) is 18.4 Å². The van der Waals surface area contributed by atoms with Crippen molar-refractivity contribution in [2.24, 2.45) is 11.5 Å². The Morgan fingerprint density at radius 3 is 2.23 bits per heavy atom. The molecule has 5 nitrogen and oxygen atoms in total. The van der Waals surface area contributed by atoms with Gasteiger partial charge in [-0.3, -0.25) is 0 Å². The lowest BCUT2D eigenvalue weighted by Crippen LogP contribution is -2.32. The highest BCUT2D eigenvalue weighted by atomic mass is 35.5. The van der Waals surface area contributed by atoms with Crippen LogP contribution in [0.3, 0.4) is 0 Å². The van der Waals surface area contributed by atoms with Crippen molar-refractivity contribution in [3.05, 3.63) is 35.7 Å². The van der Waals surface area contributed by atoms with Crippen LogP contribution in [0.4, 0.5) is 0 Å². The van der Waals surface area contributed by atoms with Gasteiger partial charge in [0.05, 0.1) is 5.41 Å². The highest BCUT2D eigenvalue weighted by Crippen LogP contribution is 2.39. The van der Waals surface area contributed by atoms with Crippen LogP contribution in [-0.2, 0) is 12.0 Å². The average molecular weight is 345 g/mol. The lowest BCUT2D eigenvalue weighted by Gasteiger charge is -2.21. The van der Waals surface area contributed by atoms with E-state index < -0.39 is 0 Å². The Balaban J connectivity index is 0.00000121. The van der Waals surface area contributed by atoms with Gasteiger partial charge in [0.25, 0.3) is 0 Å². The summed E-state index contributed by atoms with van der Waals surface area (Å²) in [6, 6.07) is 7.92. The third-order valence-corrected chi connectivity index (χ3v) is 4.28. The minimum Gasteiger partial charge on any atom is -0.338 e. The molecular formula is C15H22Cl2N4O. The second kappa shape index (κ2) is 7.92. The molecular weight excluding hydrogens is 323 g/mol. The first-order chi connectivity index (χ1) is 9.77. The van der Waals surface area contributed by atoms with Crippen LogP contribution >= 0.6 is 24.8 Å². The molecule has 1 heterocycles. The standard InChI is InChI=1S/C15H20N4O.2ClH/c16-9-11-3-5-12(6-4-11)13-18-14(20-19-13)15(10-17)7-1-2-8-15;;/h3-6H,1-2,7-10,16-17H2;2*1H. The maximum Gasteiger partial charge on any atom is 0.234 e. The SMILES string of the molecule is Cl.Cl.NCc1ccc(-c2noc(C3(CN)CCCC3)n2)cc1. The van der Waals surface area contributed by atoms with Crippen LogP contribution in [-0.4, -0.2) is 16.7 Å². The fraction of sp³-hybridized carbons (Fsp3) is 0.467. The predicted octanol–water partition coefficient (Wildman–Crippen LogP) is 2.81. The van der Waals surface area contributed by atoms with Gasteiger partial charge in [-0.2, -0.15) is 4.98 Å². The van der Waals surface area contributed by atoms with Gasteiger partial charge in [0.1, 0.15) is 0 Å². The topological polar surface area (TPSA) is 91.0 Å². The summed E-state index contributed by atoms with van der Waals surface area (Å²) in [6.45, 7) is 1.11. The van der Waals surface area contributed by atoms with Crippen LogP contribution < -0.4 is 11.5 Å². The van der Waals surface area contributed by atoms with Gasteiger partial charge in [-0.25, -0.2) is 0 Å². The van der Waals surface area contributed by atoms with E-state index in [0.29, 0.717) is 24.8 Å². The molecule has 4 N–H and O–H groups in total.